The van der Waals surface area contributed by atoms with E-state index in [0.717, 1.165) is 27.0 Å². The fraction of sp³-hybridized carbons (Fsp3) is 0.222. The largest absolute Gasteiger partial charge is 0.489 e. The van der Waals surface area contributed by atoms with E-state index in [0.29, 0.717) is 5.52 Å². The second kappa shape index (κ2) is 7.67. The molecular formula is C18H11F5N2OS2. The van der Waals surface area contributed by atoms with Crippen LogP contribution in [0.2, 0.25) is 0 Å². The minimum Gasteiger partial charge on any atom is -0.489 e. The van der Waals surface area contributed by atoms with Crippen LogP contribution in [0.3, 0.4) is 0 Å². The summed E-state index contributed by atoms with van der Waals surface area (Å²) >= 11 is 3.02. The third kappa shape index (κ3) is 3.58. The van der Waals surface area contributed by atoms with Crippen LogP contribution in [0.25, 0.3) is 10.2 Å². The molecule has 1 aromatic heterocycles. The molecule has 0 unspecified atom stereocenters. The Morgan fingerprint density at radius 2 is 1.82 bits per heavy atom. The summed E-state index contributed by atoms with van der Waals surface area (Å²) in [6.07, 6.45) is -1.16. The van der Waals surface area contributed by atoms with Crippen molar-refractivity contribution in [2.75, 3.05) is 18.9 Å². The average molecular weight is 430 g/mol. The molecule has 1 aromatic carbocycles. The molecule has 0 saturated heterocycles. The number of halogens is 5. The van der Waals surface area contributed by atoms with Crippen molar-refractivity contribution < 1.29 is 26.7 Å². The Kier molecular flexibility index (Phi) is 5.24. The number of allylic oxidation sites excluding steroid dienone is 4. The van der Waals surface area contributed by atoms with Gasteiger partial charge in [0.25, 0.3) is 0 Å². The molecule has 146 valence electrons. The number of aliphatic imine (C=N–C) groups is 1. The molecular weight excluding hydrogens is 419 g/mol. The fourth-order valence-corrected chi connectivity index (χ4v) is 4.56. The first-order valence-corrected chi connectivity index (χ1v) is 9.93. The first-order chi connectivity index (χ1) is 13.4. The summed E-state index contributed by atoms with van der Waals surface area (Å²) < 4.78 is 74.2. The zero-order valence-electron chi connectivity index (χ0n) is 14.1. The number of fused-ring (bicyclic) bond motifs is 1. The highest BCUT2D eigenvalue weighted by Gasteiger charge is 2.28. The van der Waals surface area contributed by atoms with E-state index in [-0.39, 0.29) is 5.75 Å². The highest BCUT2D eigenvalue weighted by molar-refractivity contribution is 8.15. The van der Waals surface area contributed by atoms with Crippen LogP contribution in [-0.4, -0.2) is 28.9 Å². The van der Waals surface area contributed by atoms with Crippen LogP contribution < -0.4 is 4.74 Å². The Morgan fingerprint density at radius 1 is 1.00 bits per heavy atom. The van der Waals surface area contributed by atoms with Gasteiger partial charge < -0.3 is 4.74 Å². The lowest BCUT2D eigenvalue weighted by Crippen LogP contribution is -2.04. The van der Waals surface area contributed by atoms with Crippen molar-refractivity contribution >= 4 is 38.4 Å². The molecule has 10 heteroatoms. The van der Waals surface area contributed by atoms with E-state index >= 15 is 0 Å². The maximum absolute atomic E-state index is 14.0. The number of nitrogens with zero attached hydrogens (tertiary/aromatic N) is 2. The Morgan fingerprint density at radius 3 is 2.57 bits per heavy atom. The van der Waals surface area contributed by atoms with Gasteiger partial charge in [0.05, 0.1) is 22.2 Å². The van der Waals surface area contributed by atoms with Gasteiger partial charge in [0.15, 0.2) is 17.5 Å². The zero-order chi connectivity index (χ0) is 19.8. The average Bonchev–Trinajstić information content (AvgIpc) is 3.34. The van der Waals surface area contributed by atoms with Gasteiger partial charge in [-0.3, -0.25) is 4.99 Å². The summed E-state index contributed by atoms with van der Waals surface area (Å²) in [4.78, 5) is 8.85. The molecule has 3 nitrogen and oxygen atoms in total. The number of hydrogen-bond acceptors (Lipinski definition) is 5. The van der Waals surface area contributed by atoms with Gasteiger partial charge in [-0.15, -0.1) is 23.1 Å². The maximum Gasteiger partial charge on any atom is 0.197 e. The molecule has 4 rings (SSSR count). The van der Waals surface area contributed by atoms with Crippen molar-refractivity contribution in [2.24, 2.45) is 4.99 Å². The molecule has 0 saturated carbocycles. The van der Waals surface area contributed by atoms with Crippen LogP contribution in [0.15, 0.2) is 57.9 Å². The fourth-order valence-electron chi connectivity index (χ4n) is 2.64. The molecule has 2 heterocycles. The van der Waals surface area contributed by atoms with Crippen LogP contribution in [0, 0.1) is 0 Å². The molecule has 1 aliphatic heterocycles. The van der Waals surface area contributed by atoms with E-state index < -0.39 is 47.7 Å². The summed E-state index contributed by atoms with van der Waals surface area (Å²) in [5.74, 6) is -7.77. The lowest BCUT2D eigenvalue weighted by Gasteiger charge is -2.09. The molecule has 28 heavy (non-hydrogen) atoms. The van der Waals surface area contributed by atoms with E-state index in [1.807, 2.05) is 0 Å². The SMILES string of the molecule is FC1=C(F)C(F)=C(F)C(COc2ccc3nc(C4=NCCS4)sc3c2)=C(F)C1. The molecule has 0 N–H and O–H groups in total. The normalized spacial score (nSPS) is 18.2. The maximum atomic E-state index is 14.0. The van der Waals surface area contributed by atoms with Gasteiger partial charge in [0, 0.05) is 12.3 Å². The van der Waals surface area contributed by atoms with Crippen molar-refractivity contribution in [3.05, 3.63) is 57.9 Å². The number of benzene rings is 1. The quantitative estimate of drug-likeness (QED) is 0.550. The molecule has 0 spiro atoms. The van der Waals surface area contributed by atoms with Gasteiger partial charge in [0.2, 0.25) is 0 Å². The summed E-state index contributed by atoms with van der Waals surface area (Å²) in [5.41, 5.74) is -0.144. The van der Waals surface area contributed by atoms with Gasteiger partial charge in [0.1, 0.15) is 34.1 Å². The molecule has 0 amide bonds. The van der Waals surface area contributed by atoms with E-state index in [2.05, 4.69) is 9.98 Å². The Hall–Kier alpha value is -2.20. The topological polar surface area (TPSA) is 34.5 Å². The van der Waals surface area contributed by atoms with E-state index in [1.54, 1.807) is 30.0 Å². The van der Waals surface area contributed by atoms with Crippen molar-refractivity contribution in [2.45, 2.75) is 6.42 Å². The van der Waals surface area contributed by atoms with Crippen LogP contribution in [0.1, 0.15) is 11.4 Å². The second-order valence-corrected chi connectivity index (χ2v) is 7.99. The van der Waals surface area contributed by atoms with Gasteiger partial charge in [-0.25, -0.2) is 26.9 Å². The summed E-state index contributed by atoms with van der Waals surface area (Å²) in [6, 6.07) is 4.85. The third-order valence-corrected chi connectivity index (χ3v) is 6.17. The Labute approximate surface area is 164 Å². The predicted octanol–water partition coefficient (Wildman–Crippen LogP) is 6.10. The van der Waals surface area contributed by atoms with E-state index in [9.17, 15) is 22.0 Å². The second-order valence-electron chi connectivity index (χ2n) is 5.88. The van der Waals surface area contributed by atoms with Crippen molar-refractivity contribution in [3.63, 3.8) is 0 Å². The molecule has 0 fully saturated rings. The number of hydrogen-bond donors (Lipinski definition) is 0. The van der Waals surface area contributed by atoms with Gasteiger partial charge in [-0.05, 0) is 18.2 Å². The lowest BCUT2D eigenvalue weighted by atomic mass is 10.2. The van der Waals surface area contributed by atoms with Crippen molar-refractivity contribution in [1.82, 2.24) is 4.98 Å². The number of rotatable bonds is 4. The lowest BCUT2D eigenvalue weighted by molar-refractivity contribution is 0.340. The standard InChI is InChI=1S/C18H11F5N2OS2/c19-10-6-11(20)15(22)16(23)14(21)9(10)7-26-8-1-2-12-13(5-8)28-18(25-12)17-24-3-4-27-17/h1-2,5H,3-4,6-7H2. The Bertz CT molecular complexity index is 1090. The number of thioether (sulfide) groups is 1. The molecule has 0 atom stereocenters. The summed E-state index contributed by atoms with van der Waals surface area (Å²) in [6.45, 7) is 0.0298. The van der Waals surface area contributed by atoms with Gasteiger partial charge >= 0.3 is 0 Å². The third-order valence-electron chi connectivity index (χ3n) is 4.04. The highest BCUT2D eigenvalue weighted by atomic mass is 32.2. The minimum absolute atomic E-state index is 0.260. The van der Waals surface area contributed by atoms with Crippen LogP contribution in [0.4, 0.5) is 22.0 Å². The highest BCUT2D eigenvalue weighted by Crippen LogP contribution is 2.37. The first-order valence-electron chi connectivity index (χ1n) is 8.12. The van der Waals surface area contributed by atoms with E-state index in [1.165, 1.54) is 11.3 Å². The molecule has 1 aliphatic carbocycles. The van der Waals surface area contributed by atoms with E-state index in [4.69, 9.17) is 4.74 Å². The van der Waals surface area contributed by atoms with Crippen LogP contribution in [-0.2, 0) is 0 Å². The molecule has 2 aliphatic rings. The smallest absolute Gasteiger partial charge is 0.197 e. The molecule has 2 aromatic rings. The number of ether oxygens (including phenoxy) is 1. The Balaban J connectivity index is 1.56. The number of thiazole rings is 1. The minimum atomic E-state index is -2.07. The first kappa shape index (κ1) is 19.1. The van der Waals surface area contributed by atoms with Crippen molar-refractivity contribution in [3.8, 4) is 5.75 Å². The summed E-state index contributed by atoms with van der Waals surface area (Å²) in [7, 11) is 0. The summed E-state index contributed by atoms with van der Waals surface area (Å²) in [5, 5.41) is 1.65. The van der Waals surface area contributed by atoms with Crippen molar-refractivity contribution in [1.29, 1.82) is 0 Å². The molecule has 0 radical (unpaired) electrons. The number of aromatic nitrogens is 1. The molecule has 0 bridgehead atoms. The van der Waals surface area contributed by atoms with Crippen LogP contribution >= 0.6 is 23.1 Å². The predicted molar refractivity (Wildman–Crippen MR) is 100 cm³/mol. The van der Waals surface area contributed by atoms with Crippen LogP contribution in [0.5, 0.6) is 5.75 Å². The van der Waals surface area contributed by atoms with Gasteiger partial charge in [-0.2, -0.15) is 0 Å². The zero-order valence-corrected chi connectivity index (χ0v) is 15.7. The van der Waals surface area contributed by atoms with Gasteiger partial charge in [-0.1, -0.05) is 0 Å². The monoisotopic (exact) mass is 430 g/mol.